The second-order valence-corrected chi connectivity index (χ2v) is 5.54. The fraction of sp³-hybridized carbons (Fsp3) is 0.214. The zero-order valence-electron chi connectivity index (χ0n) is 10.5. The maximum Gasteiger partial charge on any atom is 0.303 e. The normalized spacial score (nSPS) is 12.4. The molecule has 0 amide bonds. The summed E-state index contributed by atoms with van der Waals surface area (Å²) in [6.07, 6.45) is -0.0415. The Balaban J connectivity index is 2.34. The van der Waals surface area contributed by atoms with Crippen LogP contribution in [-0.2, 0) is 4.79 Å². The van der Waals surface area contributed by atoms with Crippen molar-refractivity contribution in [2.24, 2.45) is 0 Å². The van der Waals surface area contributed by atoms with E-state index in [-0.39, 0.29) is 17.9 Å². The van der Waals surface area contributed by atoms with Crippen LogP contribution in [0.15, 0.2) is 24.3 Å². The van der Waals surface area contributed by atoms with Crippen molar-refractivity contribution in [3.63, 3.8) is 0 Å². The fourth-order valence-electron chi connectivity index (χ4n) is 1.84. The molecule has 0 aliphatic carbocycles. The van der Waals surface area contributed by atoms with E-state index in [9.17, 15) is 18.0 Å². The Morgan fingerprint density at radius 2 is 1.90 bits per heavy atom. The zero-order chi connectivity index (χ0) is 14.9. The van der Waals surface area contributed by atoms with Gasteiger partial charge in [0, 0.05) is 21.2 Å². The largest absolute Gasteiger partial charge is 0.481 e. The van der Waals surface area contributed by atoms with Crippen LogP contribution in [0.3, 0.4) is 0 Å². The predicted octanol–water partition coefficient (Wildman–Crippen LogP) is 4.41. The van der Waals surface area contributed by atoms with Crippen LogP contribution in [0.25, 0.3) is 10.4 Å². The third kappa shape index (κ3) is 2.85. The van der Waals surface area contributed by atoms with Crippen LogP contribution in [0.2, 0.25) is 0 Å². The summed E-state index contributed by atoms with van der Waals surface area (Å²) in [6.45, 7) is 1.74. The van der Waals surface area contributed by atoms with Crippen molar-refractivity contribution in [3.8, 4) is 10.4 Å². The molecule has 1 aromatic carbocycles. The Bertz CT molecular complexity index is 652. The van der Waals surface area contributed by atoms with Gasteiger partial charge >= 0.3 is 5.97 Å². The van der Waals surface area contributed by atoms with Crippen LogP contribution >= 0.6 is 11.3 Å². The third-order valence-electron chi connectivity index (χ3n) is 2.89. The molecule has 2 nitrogen and oxygen atoms in total. The molecular formula is C14H11F3O2S. The number of hydrogen-bond acceptors (Lipinski definition) is 2. The topological polar surface area (TPSA) is 37.3 Å². The minimum absolute atomic E-state index is 0.0253. The molecule has 0 bridgehead atoms. The number of halogens is 3. The Morgan fingerprint density at radius 1 is 1.20 bits per heavy atom. The van der Waals surface area contributed by atoms with Crippen LogP contribution < -0.4 is 0 Å². The monoisotopic (exact) mass is 300 g/mol. The lowest BCUT2D eigenvalue weighted by molar-refractivity contribution is -0.137. The molecule has 6 heteroatoms. The van der Waals surface area contributed by atoms with Crippen LogP contribution in [0.5, 0.6) is 0 Å². The van der Waals surface area contributed by atoms with Crippen molar-refractivity contribution in [2.45, 2.75) is 19.3 Å². The lowest BCUT2D eigenvalue weighted by Crippen LogP contribution is -2.00. The molecule has 0 saturated carbocycles. The number of hydrogen-bond donors (Lipinski definition) is 1. The van der Waals surface area contributed by atoms with Gasteiger partial charge in [-0.2, -0.15) is 0 Å². The van der Waals surface area contributed by atoms with E-state index in [1.807, 2.05) is 0 Å². The molecular weight excluding hydrogens is 289 g/mol. The van der Waals surface area contributed by atoms with Gasteiger partial charge in [-0.1, -0.05) is 6.92 Å². The molecule has 1 unspecified atom stereocenters. The minimum Gasteiger partial charge on any atom is -0.481 e. The SMILES string of the molecule is CC(CC(=O)O)c1ccc(-c2ccc(F)c(F)c2F)s1. The van der Waals surface area contributed by atoms with Crippen molar-refractivity contribution in [2.75, 3.05) is 0 Å². The van der Waals surface area contributed by atoms with E-state index < -0.39 is 23.4 Å². The highest BCUT2D eigenvalue weighted by atomic mass is 32.1. The Hall–Kier alpha value is -1.82. The fourth-order valence-corrected chi connectivity index (χ4v) is 2.92. The van der Waals surface area contributed by atoms with E-state index in [4.69, 9.17) is 5.11 Å². The number of benzene rings is 1. The van der Waals surface area contributed by atoms with Gasteiger partial charge < -0.3 is 5.11 Å². The molecule has 1 atom stereocenters. The molecule has 2 rings (SSSR count). The van der Waals surface area contributed by atoms with E-state index in [2.05, 4.69) is 0 Å². The number of carboxylic acid groups (broad SMARTS) is 1. The van der Waals surface area contributed by atoms with Gasteiger partial charge in [-0.05, 0) is 24.3 Å². The summed E-state index contributed by atoms with van der Waals surface area (Å²) in [5.74, 6) is -5.12. The van der Waals surface area contributed by atoms with Crippen LogP contribution in [0.1, 0.15) is 24.1 Å². The highest BCUT2D eigenvalue weighted by molar-refractivity contribution is 7.15. The Morgan fingerprint density at radius 3 is 2.55 bits per heavy atom. The molecule has 0 fully saturated rings. The molecule has 1 aromatic heterocycles. The van der Waals surface area contributed by atoms with Crippen molar-refractivity contribution in [1.29, 1.82) is 0 Å². The van der Waals surface area contributed by atoms with Gasteiger partial charge in [0.15, 0.2) is 17.5 Å². The van der Waals surface area contributed by atoms with Gasteiger partial charge in [0.2, 0.25) is 0 Å². The summed E-state index contributed by atoms with van der Waals surface area (Å²) in [5.41, 5.74) is -0.0253. The van der Waals surface area contributed by atoms with Crippen LogP contribution in [0, 0.1) is 17.5 Å². The van der Waals surface area contributed by atoms with Gasteiger partial charge in [-0.25, -0.2) is 13.2 Å². The number of rotatable bonds is 4. The Kier molecular flexibility index (Phi) is 4.13. The first-order valence-corrected chi connectivity index (χ1v) is 6.67. The summed E-state index contributed by atoms with van der Waals surface area (Å²) in [7, 11) is 0. The van der Waals surface area contributed by atoms with E-state index in [1.165, 1.54) is 17.4 Å². The molecule has 106 valence electrons. The maximum atomic E-state index is 13.7. The van der Waals surface area contributed by atoms with E-state index in [0.29, 0.717) is 4.88 Å². The molecule has 0 spiro atoms. The van der Waals surface area contributed by atoms with Gasteiger partial charge in [0.1, 0.15) is 0 Å². The van der Waals surface area contributed by atoms with Gasteiger partial charge in [-0.3, -0.25) is 4.79 Å². The van der Waals surface area contributed by atoms with E-state index >= 15 is 0 Å². The van der Waals surface area contributed by atoms with Crippen molar-refractivity contribution >= 4 is 17.3 Å². The standard InChI is InChI=1S/C14H11F3O2S/c1-7(6-12(18)19)10-4-5-11(20-10)8-2-3-9(15)14(17)13(8)16/h2-5,7H,6H2,1H3,(H,18,19). The second kappa shape index (κ2) is 5.66. The van der Waals surface area contributed by atoms with Crippen molar-refractivity contribution < 1.29 is 23.1 Å². The summed E-state index contributed by atoms with van der Waals surface area (Å²) >= 11 is 1.17. The van der Waals surface area contributed by atoms with Crippen molar-refractivity contribution in [3.05, 3.63) is 46.6 Å². The molecule has 2 aromatic rings. The quantitative estimate of drug-likeness (QED) is 0.849. The molecule has 1 N–H and O–H groups in total. The minimum atomic E-state index is -1.50. The molecule has 0 saturated heterocycles. The molecule has 0 radical (unpaired) electrons. The highest BCUT2D eigenvalue weighted by Gasteiger charge is 2.18. The third-order valence-corrected chi connectivity index (χ3v) is 4.24. The van der Waals surface area contributed by atoms with Gasteiger partial charge in [0.05, 0.1) is 6.42 Å². The van der Waals surface area contributed by atoms with E-state index in [0.717, 1.165) is 10.9 Å². The van der Waals surface area contributed by atoms with Crippen molar-refractivity contribution in [1.82, 2.24) is 0 Å². The first-order valence-electron chi connectivity index (χ1n) is 5.85. The zero-order valence-corrected chi connectivity index (χ0v) is 11.3. The summed E-state index contributed by atoms with van der Waals surface area (Å²) in [4.78, 5) is 11.8. The average Bonchev–Trinajstić information content (AvgIpc) is 2.85. The Labute approximate surface area is 117 Å². The smallest absolute Gasteiger partial charge is 0.303 e. The summed E-state index contributed by atoms with van der Waals surface area (Å²) in [6, 6.07) is 5.29. The molecule has 20 heavy (non-hydrogen) atoms. The predicted molar refractivity (Wildman–Crippen MR) is 70.3 cm³/mol. The summed E-state index contributed by atoms with van der Waals surface area (Å²) < 4.78 is 39.7. The van der Waals surface area contributed by atoms with Gasteiger partial charge in [0.25, 0.3) is 0 Å². The lowest BCUT2D eigenvalue weighted by Gasteiger charge is -2.05. The van der Waals surface area contributed by atoms with Crippen LogP contribution in [-0.4, -0.2) is 11.1 Å². The molecule has 0 aliphatic heterocycles. The second-order valence-electron chi connectivity index (χ2n) is 4.42. The highest BCUT2D eigenvalue weighted by Crippen LogP contribution is 2.35. The number of carbonyl (C=O) groups is 1. The first-order chi connectivity index (χ1) is 9.40. The van der Waals surface area contributed by atoms with E-state index in [1.54, 1.807) is 19.1 Å². The number of carboxylic acids is 1. The molecule has 0 aliphatic rings. The maximum absolute atomic E-state index is 13.7. The van der Waals surface area contributed by atoms with Crippen LogP contribution in [0.4, 0.5) is 13.2 Å². The first kappa shape index (κ1) is 14.6. The lowest BCUT2D eigenvalue weighted by atomic mass is 10.1. The van der Waals surface area contributed by atoms with Gasteiger partial charge in [-0.15, -0.1) is 11.3 Å². The summed E-state index contributed by atoms with van der Waals surface area (Å²) in [5, 5.41) is 8.73. The molecule has 1 heterocycles. The number of aliphatic carboxylic acids is 1. The number of thiophene rings is 1. The average molecular weight is 300 g/mol.